The highest BCUT2D eigenvalue weighted by Gasteiger charge is 2.63. The van der Waals surface area contributed by atoms with E-state index in [9.17, 15) is 0 Å². The highest BCUT2D eigenvalue weighted by Crippen LogP contribution is 2.70. The molecule has 0 amide bonds. The minimum atomic E-state index is 0.881. The molecule has 0 N–H and O–H groups in total. The lowest BCUT2D eigenvalue weighted by Crippen LogP contribution is -2.36. The topological polar surface area (TPSA) is 0 Å². The van der Waals surface area contributed by atoms with Crippen LogP contribution in [0.1, 0.15) is 45.4 Å². The Balaban J connectivity index is 1.47. The number of rotatable bonds is 5. The van der Waals surface area contributed by atoms with Crippen molar-refractivity contribution in [3.8, 4) is 0 Å². The minimum Gasteiger partial charge on any atom is -0.158 e. The van der Waals surface area contributed by atoms with Crippen molar-refractivity contribution in [1.29, 1.82) is 0 Å². The van der Waals surface area contributed by atoms with Gasteiger partial charge in [0.1, 0.15) is 0 Å². The summed E-state index contributed by atoms with van der Waals surface area (Å²) in [7, 11) is 0. The van der Waals surface area contributed by atoms with E-state index >= 15 is 0 Å². The molecule has 0 aromatic rings. The third-order valence-electron chi connectivity index (χ3n) is 6.94. The molecule has 0 aliphatic heterocycles. The zero-order chi connectivity index (χ0) is 13.0. The Morgan fingerprint density at radius 2 is 1.84 bits per heavy atom. The lowest BCUT2D eigenvalue weighted by molar-refractivity contribution is 0.125. The maximum atomic E-state index is 4.11. The first kappa shape index (κ1) is 12.8. The molecule has 1 heteroatoms. The second kappa shape index (κ2) is 4.83. The lowest BCUT2D eigenvalue weighted by atomic mass is 9.67. The van der Waals surface area contributed by atoms with Gasteiger partial charge < -0.3 is 0 Å². The fraction of sp³-hybridized carbons (Fsp3) is 0.889. The minimum absolute atomic E-state index is 0.881. The van der Waals surface area contributed by atoms with Crippen molar-refractivity contribution in [3.05, 3.63) is 12.7 Å². The molecule has 4 aliphatic carbocycles. The fourth-order valence-electron chi connectivity index (χ4n) is 6.44. The molecule has 4 bridgehead atoms. The molecule has 0 radical (unpaired) electrons. The molecule has 4 saturated carbocycles. The molecule has 4 aliphatic rings. The largest absolute Gasteiger partial charge is 0.158 e. The van der Waals surface area contributed by atoms with Crippen molar-refractivity contribution in [2.24, 2.45) is 41.4 Å². The second-order valence-electron chi connectivity index (χ2n) is 7.61. The molecule has 0 nitrogen and oxygen atoms in total. The van der Waals surface area contributed by atoms with E-state index in [2.05, 4.69) is 31.3 Å². The van der Waals surface area contributed by atoms with Crippen molar-refractivity contribution >= 4 is 11.8 Å². The van der Waals surface area contributed by atoms with E-state index in [1.165, 1.54) is 25.0 Å². The second-order valence-corrected chi connectivity index (χ2v) is 8.95. The van der Waals surface area contributed by atoms with E-state index in [0.29, 0.717) is 0 Å². The van der Waals surface area contributed by atoms with Crippen LogP contribution in [-0.4, -0.2) is 11.0 Å². The average molecular weight is 276 g/mol. The van der Waals surface area contributed by atoms with E-state index in [1.807, 2.05) is 0 Å². The van der Waals surface area contributed by atoms with E-state index < -0.39 is 0 Å². The summed E-state index contributed by atoms with van der Waals surface area (Å²) in [5, 5.41) is 1.03. The Labute approximate surface area is 122 Å². The van der Waals surface area contributed by atoms with Crippen LogP contribution in [-0.2, 0) is 0 Å². The van der Waals surface area contributed by atoms with Crippen LogP contribution in [0.3, 0.4) is 0 Å². The molecular weight excluding hydrogens is 248 g/mol. The average Bonchev–Trinajstić information content (AvgIpc) is 3.15. The van der Waals surface area contributed by atoms with Crippen molar-refractivity contribution in [3.63, 3.8) is 0 Å². The third kappa shape index (κ3) is 1.79. The van der Waals surface area contributed by atoms with Gasteiger partial charge in [-0.2, -0.15) is 11.8 Å². The van der Waals surface area contributed by atoms with Gasteiger partial charge in [-0.25, -0.2) is 0 Å². The zero-order valence-corrected chi connectivity index (χ0v) is 13.1. The maximum Gasteiger partial charge on any atom is 0.00810 e. The van der Waals surface area contributed by atoms with Crippen LogP contribution >= 0.6 is 11.8 Å². The smallest absolute Gasteiger partial charge is 0.00810 e. The Morgan fingerprint density at radius 3 is 2.63 bits per heavy atom. The quantitative estimate of drug-likeness (QED) is 0.387. The molecular formula is C18H28S. The number of thioether (sulfide) groups is 1. The molecule has 0 spiro atoms. The third-order valence-corrected chi connectivity index (χ3v) is 8.44. The summed E-state index contributed by atoms with van der Waals surface area (Å²) in [6.07, 6.45) is 11.3. The number of unbranched alkanes of at least 4 members (excludes halogenated alkanes) is 1. The van der Waals surface area contributed by atoms with Crippen LogP contribution in [0.25, 0.3) is 0 Å². The van der Waals surface area contributed by atoms with Gasteiger partial charge in [-0.15, -0.1) is 6.58 Å². The van der Waals surface area contributed by atoms with Crippen molar-refractivity contribution in [2.45, 2.75) is 50.7 Å². The Bertz CT molecular complexity index is 363. The number of hydrogen-bond acceptors (Lipinski definition) is 1. The first-order valence-corrected chi connectivity index (χ1v) is 9.62. The molecule has 4 rings (SSSR count). The molecule has 4 fully saturated rings. The molecule has 8 atom stereocenters. The van der Waals surface area contributed by atoms with Crippen LogP contribution < -0.4 is 0 Å². The van der Waals surface area contributed by atoms with Gasteiger partial charge in [0.05, 0.1) is 0 Å². The first-order chi connectivity index (χ1) is 9.33. The summed E-state index contributed by atoms with van der Waals surface area (Å²) in [4.78, 5) is 0. The van der Waals surface area contributed by atoms with Crippen LogP contribution in [0, 0.1) is 41.4 Å². The summed E-state index contributed by atoms with van der Waals surface area (Å²) >= 11 is 2.33. The normalized spacial score (nSPS) is 53.7. The molecule has 0 aromatic heterocycles. The molecule has 19 heavy (non-hydrogen) atoms. The predicted molar refractivity (Wildman–Crippen MR) is 84.2 cm³/mol. The van der Waals surface area contributed by atoms with E-state index in [-0.39, 0.29) is 0 Å². The van der Waals surface area contributed by atoms with Gasteiger partial charge in [-0.3, -0.25) is 0 Å². The first-order valence-electron chi connectivity index (χ1n) is 8.57. The van der Waals surface area contributed by atoms with Gasteiger partial charge in [0, 0.05) is 5.25 Å². The van der Waals surface area contributed by atoms with Crippen molar-refractivity contribution in [1.82, 2.24) is 0 Å². The number of fused-ring (bicyclic) bond motifs is 9. The summed E-state index contributed by atoms with van der Waals surface area (Å²) in [6, 6.07) is 0. The summed E-state index contributed by atoms with van der Waals surface area (Å²) in [5.41, 5.74) is 0. The van der Waals surface area contributed by atoms with Crippen LogP contribution in [0.15, 0.2) is 12.7 Å². The predicted octanol–water partition coefficient (Wildman–Crippen LogP) is 5.00. The highest BCUT2D eigenvalue weighted by molar-refractivity contribution is 7.99. The van der Waals surface area contributed by atoms with Gasteiger partial charge in [-0.05, 0) is 79.3 Å². The molecule has 106 valence electrons. The van der Waals surface area contributed by atoms with Gasteiger partial charge in [0.15, 0.2) is 0 Å². The molecule has 0 aromatic carbocycles. The number of allylic oxidation sites excluding steroid dienone is 1. The van der Waals surface area contributed by atoms with Crippen molar-refractivity contribution < 1.29 is 0 Å². The molecule has 0 heterocycles. The standard InChI is InChI=1S/C18H28S/c1-3-5-6-19-16-10-13-9-15(16)18-14-8-12(17(13)18)7-11(14)4-2/h4,11-18H,2-3,5-10H2,1H3/t11-,12+,13+,14+,15-,16-,17?,18?/m1/s1. The van der Waals surface area contributed by atoms with Crippen molar-refractivity contribution in [2.75, 3.05) is 5.75 Å². The Kier molecular flexibility index (Phi) is 3.25. The summed E-state index contributed by atoms with van der Waals surface area (Å²) in [6.45, 7) is 6.43. The van der Waals surface area contributed by atoms with Gasteiger partial charge >= 0.3 is 0 Å². The molecule has 2 unspecified atom stereocenters. The Hall–Kier alpha value is 0.0900. The SMILES string of the molecule is C=C[C@@H]1C[C@H]2C[C@@H]1C1C2[C@@H]2C[C@@H](SCCCC)[C@H]1C2. The maximum absolute atomic E-state index is 4.11. The molecule has 0 saturated heterocycles. The van der Waals surface area contributed by atoms with E-state index in [1.54, 1.807) is 19.3 Å². The summed E-state index contributed by atoms with van der Waals surface area (Å²) in [5.74, 6) is 8.90. The van der Waals surface area contributed by atoms with Gasteiger partial charge in [-0.1, -0.05) is 19.4 Å². The van der Waals surface area contributed by atoms with Crippen LogP contribution in [0.4, 0.5) is 0 Å². The van der Waals surface area contributed by atoms with Gasteiger partial charge in [0.25, 0.3) is 0 Å². The van der Waals surface area contributed by atoms with Crippen LogP contribution in [0.5, 0.6) is 0 Å². The zero-order valence-electron chi connectivity index (χ0n) is 12.3. The lowest BCUT2D eigenvalue weighted by Gasteiger charge is -2.41. The van der Waals surface area contributed by atoms with E-state index in [4.69, 9.17) is 0 Å². The highest BCUT2D eigenvalue weighted by atomic mass is 32.2. The number of hydrogen-bond donors (Lipinski definition) is 0. The fourth-order valence-corrected chi connectivity index (χ4v) is 8.12. The van der Waals surface area contributed by atoms with Gasteiger partial charge in [0.2, 0.25) is 0 Å². The van der Waals surface area contributed by atoms with Crippen LogP contribution in [0.2, 0.25) is 0 Å². The van der Waals surface area contributed by atoms with E-state index in [0.717, 1.165) is 46.7 Å². The Morgan fingerprint density at radius 1 is 1.05 bits per heavy atom. The monoisotopic (exact) mass is 276 g/mol. The summed E-state index contributed by atoms with van der Waals surface area (Å²) < 4.78 is 0.